The minimum absolute atomic E-state index is 0.489. The lowest BCUT2D eigenvalue weighted by atomic mass is 9.91. The highest BCUT2D eigenvalue weighted by atomic mass is 79.9. The second-order valence-corrected chi connectivity index (χ2v) is 7.43. The lowest BCUT2D eigenvalue weighted by Crippen LogP contribution is -2.38. The number of halogens is 1. The van der Waals surface area contributed by atoms with Crippen LogP contribution in [0.1, 0.15) is 44.2 Å². The van der Waals surface area contributed by atoms with Gasteiger partial charge in [-0.2, -0.15) is 0 Å². The molecule has 1 fully saturated rings. The molecule has 0 aromatic heterocycles. The van der Waals surface area contributed by atoms with Gasteiger partial charge < -0.3 is 10.1 Å². The summed E-state index contributed by atoms with van der Waals surface area (Å²) in [4.78, 5) is 0. The third-order valence-electron chi connectivity index (χ3n) is 4.77. The van der Waals surface area contributed by atoms with Gasteiger partial charge in [0.1, 0.15) is 5.75 Å². The van der Waals surface area contributed by atoms with Crippen molar-refractivity contribution in [3.05, 3.63) is 27.7 Å². The minimum atomic E-state index is 0.489. The number of hydrogen-bond acceptors (Lipinski definition) is 2. The van der Waals surface area contributed by atoms with Crippen molar-refractivity contribution in [2.75, 3.05) is 13.2 Å². The van der Waals surface area contributed by atoms with E-state index in [0.29, 0.717) is 11.5 Å². The van der Waals surface area contributed by atoms with Crippen LogP contribution in [0.2, 0.25) is 0 Å². The molecule has 0 spiro atoms. The molecule has 1 atom stereocenters. The molecule has 1 aliphatic heterocycles. The molecule has 0 radical (unpaired) electrons. The van der Waals surface area contributed by atoms with Crippen molar-refractivity contribution in [1.29, 1.82) is 0 Å². The Kier molecular flexibility index (Phi) is 4.09. The smallest absolute Gasteiger partial charge is 0.125 e. The summed E-state index contributed by atoms with van der Waals surface area (Å²) >= 11 is 3.65. The van der Waals surface area contributed by atoms with E-state index >= 15 is 0 Å². The second kappa shape index (κ2) is 5.69. The molecule has 110 valence electrons. The molecule has 3 rings (SSSR count). The predicted octanol–water partition coefficient (Wildman–Crippen LogP) is 4.09. The zero-order valence-corrected chi connectivity index (χ0v) is 14.1. The predicted molar refractivity (Wildman–Crippen MR) is 86.5 cm³/mol. The molecule has 1 saturated carbocycles. The summed E-state index contributed by atoms with van der Waals surface area (Å²) in [6.07, 6.45) is 6.03. The van der Waals surface area contributed by atoms with Gasteiger partial charge in [-0.25, -0.2) is 0 Å². The van der Waals surface area contributed by atoms with Gasteiger partial charge in [0.15, 0.2) is 0 Å². The fourth-order valence-corrected chi connectivity index (χ4v) is 3.70. The second-order valence-electron chi connectivity index (χ2n) is 6.52. The monoisotopic (exact) mass is 337 g/mol. The van der Waals surface area contributed by atoms with Crippen molar-refractivity contribution in [2.45, 2.75) is 52.0 Å². The molecule has 1 N–H and O–H groups in total. The maximum atomic E-state index is 5.87. The Morgan fingerprint density at radius 1 is 1.40 bits per heavy atom. The molecule has 1 aliphatic carbocycles. The van der Waals surface area contributed by atoms with Crippen LogP contribution in [0.15, 0.2) is 16.6 Å². The van der Waals surface area contributed by atoms with E-state index < -0.39 is 0 Å². The quantitative estimate of drug-likeness (QED) is 0.843. The van der Waals surface area contributed by atoms with Crippen molar-refractivity contribution in [3.8, 4) is 5.75 Å². The fraction of sp³-hybridized carbons (Fsp3) is 0.647. The Bertz CT molecular complexity index is 496. The highest BCUT2D eigenvalue weighted by Gasteiger charge is 2.44. The third kappa shape index (κ3) is 2.89. The zero-order chi connectivity index (χ0) is 14.2. The summed E-state index contributed by atoms with van der Waals surface area (Å²) in [5.41, 5.74) is 3.22. The molecule has 20 heavy (non-hydrogen) atoms. The van der Waals surface area contributed by atoms with Gasteiger partial charge in [-0.3, -0.25) is 0 Å². The van der Waals surface area contributed by atoms with E-state index in [1.165, 1.54) is 34.9 Å². The van der Waals surface area contributed by atoms with E-state index in [9.17, 15) is 0 Å². The molecule has 1 unspecified atom stereocenters. The number of rotatable bonds is 6. The topological polar surface area (TPSA) is 21.3 Å². The Morgan fingerprint density at radius 2 is 2.20 bits per heavy atom. The van der Waals surface area contributed by atoms with Crippen LogP contribution in [-0.4, -0.2) is 19.2 Å². The van der Waals surface area contributed by atoms with Crippen molar-refractivity contribution < 1.29 is 4.74 Å². The number of benzene rings is 1. The summed E-state index contributed by atoms with van der Waals surface area (Å²) in [5.74, 6) is 1.15. The summed E-state index contributed by atoms with van der Waals surface area (Å²) in [7, 11) is 0. The maximum absolute atomic E-state index is 5.87. The van der Waals surface area contributed by atoms with E-state index in [1.54, 1.807) is 0 Å². The van der Waals surface area contributed by atoms with Gasteiger partial charge in [-0.05, 0) is 60.9 Å². The largest absolute Gasteiger partial charge is 0.493 e. The number of fused-ring (bicyclic) bond motifs is 1. The van der Waals surface area contributed by atoms with Crippen LogP contribution in [0.25, 0.3) is 0 Å². The van der Waals surface area contributed by atoms with Gasteiger partial charge in [-0.15, -0.1) is 0 Å². The first-order valence-corrected chi connectivity index (χ1v) is 8.59. The van der Waals surface area contributed by atoms with Gasteiger partial charge in [0.05, 0.1) is 6.61 Å². The van der Waals surface area contributed by atoms with Crippen LogP contribution in [0, 0.1) is 5.41 Å². The van der Waals surface area contributed by atoms with E-state index in [4.69, 9.17) is 4.74 Å². The van der Waals surface area contributed by atoms with Crippen LogP contribution >= 0.6 is 15.9 Å². The number of ether oxygens (including phenoxy) is 1. The first-order chi connectivity index (χ1) is 9.62. The van der Waals surface area contributed by atoms with E-state index in [2.05, 4.69) is 47.2 Å². The minimum Gasteiger partial charge on any atom is -0.493 e. The average molecular weight is 338 g/mol. The van der Waals surface area contributed by atoms with Crippen molar-refractivity contribution >= 4 is 15.9 Å². The lowest BCUT2D eigenvalue weighted by Gasteiger charge is -2.26. The Hall–Kier alpha value is -0.540. The molecule has 1 aromatic carbocycles. The third-order valence-corrected chi connectivity index (χ3v) is 5.23. The number of hydrogen-bond donors (Lipinski definition) is 1. The van der Waals surface area contributed by atoms with Crippen LogP contribution < -0.4 is 10.1 Å². The molecular formula is C17H24BrNO. The molecule has 0 saturated heterocycles. The number of nitrogens with one attached hydrogen (secondary N) is 1. The lowest BCUT2D eigenvalue weighted by molar-refractivity contribution is 0.334. The molecule has 2 nitrogen and oxygen atoms in total. The summed E-state index contributed by atoms with van der Waals surface area (Å²) in [6, 6.07) is 5.03. The first kappa shape index (κ1) is 14.4. The van der Waals surface area contributed by atoms with E-state index in [-0.39, 0.29) is 0 Å². The van der Waals surface area contributed by atoms with E-state index in [0.717, 1.165) is 31.7 Å². The average Bonchev–Trinajstić information content (AvgIpc) is 2.99. The van der Waals surface area contributed by atoms with Gasteiger partial charge >= 0.3 is 0 Å². The Balaban J connectivity index is 1.81. The van der Waals surface area contributed by atoms with Crippen LogP contribution in [0.3, 0.4) is 0 Å². The molecule has 0 bridgehead atoms. The molecule has 3 heteroatoms. The van der Waals surface area contributed by atoms with Crippen LogP contribution in [-0.2, 0) is 12.8 Å². The van der Waals surface area contributed by atoms with Crippen molar-refractivity contribution in [3.63, 3.8) is 0 Å². The normalized spacial score (nSPS) is 20.4. The molecule has 1 heterocycles. The maximum Gasteiger partial charge on any atom is 0.125 e. The standard InChI is InChI=1S/C17H24BrNO/c1-3-7-19-15(17(2)5-6-17)11-13-10-14(18)9-12-4-8-20-16(12)13/h9-10,15,19H,3-8,11H2,1-2H3. The summed E-state index contributed by atoms with van der Waals surface area (Å²) < 4.78 is 7.06. The highest BCUT2D eigenvalue weighted by Crippen LogP contribution is 2.49. The molecule has 2 aliphatic rings. The Morgan fingerprint density at radius 3 is 2.90 bits per heavy atom. The zero-order valence-electron chi connectivity index (χ0n) is 12.5. The summed E-state index contributed by atoms with van der Waals surface area (Å²) in [6.45, 7) is 6.60. The van der Waals surface area contributed by atoms with Gasteiger partial charge in [0, 0.05) is 16.9 Å². The van der Waals surface area contributed by atoms with E-state index in [1.807, 2.05) is 0 Å². The van der Waals surface area contributed by atoms with Gasteiger partial charge in [0.25, 0.3) is 0 Å². The van der Waals surface area contributed by atoms with Crippen LogP contribution in [0.4, 0.5) is 0 Å². The van der Waals surface area contributed by atoms with Gasteiger partial charge in [-0.1, -0.05) is 29.8 Å². The molecule has 0 amide bonds. The fourth-order valence-electron chi connectivity index (χ4n) is 3.15. The van der Waals surface area contributed by atoms with Crippen LogP contribution in [0.5, 0.6) is 5.75 Å². The summed E-state index contributed by atoms with van der Waals surface area (Å²) in [5, 5.41) is 3.76. The van der Waals surface area contributed by atoms with Crippen molar-refractivity contribution in [1.82, 2.24) is 5.32 Å². The SMILES string of the molecule is CCCNC(Cc1cc(Br)cc2c1OCC2)C1(C)CC1. The first-order valence-electron chi connectivity index (χ1n) is 7.80. The van der Waals surface area contributed by atoms with Crippen molar-refractivity contribution in [2.24, 2.45) is 5.41 Å². The molecule has 1 aromatic rings. The Labute approximate surface area is 130 Å². The van der Waals surface area contributed by atoms with Gasteiger partial charge in [0.2, 0.25) is 0 Å². The molecular weight excluding hydrogens is 314 g/mol. The highest BCUT2D eigenvalue weighted by molar-refractivity contribution is 9.10.